The van der Waals surface area contributed by atoms with E-state index in [1.165, 1.54) is 12.1 Å². The van der Waals surface area contributed by atoms with E-state index in [9.17, 15) is 4.39 Å². The zero-order valence-corrected chi connectivity index (χ0v) is 9.82. The van der Waals surface area contributed by atoms with Crippen LogP contribution in [-0.4, -0.2) is 13.7 Å². The van der Waals surface area contributed by atoms with Crippen molar-refractivity contribution in [3.63, 3.8) is 0 Å². The number of hydrogen-bond donors (Lipinski definition) is 1. The molecule has 0 saturated carbocycles. The first-order chi connectivity index (χ1) is 6.69. The van der Waals surface area contributed by atoms with Crippen LogP contribution in [0, 0.1) is 5.82 Å². The van der Waals surface area contributed by atoms with Crippen LogP contribution in [0.4, 0.5) is 4.39 Å². The molecule has 1 N–H and O–H groups in total. The molecule has 0 aliphatic heterocycles. The Bertz CT molecular complexity index is 317. The van der Waals surface area contributed by atoms with E-state index >= 15 is 0 Å². The maximum Gasteiger partial charge on any atom is 0.138 e. The van der Waals surface area contributed by atoms with Crippen molar-refractivity contribution < 1.29 is 9.13 Å². The van der Waals surface area contributed by atoms with Gasteiger partial charge in [-0.15, -0.1) is 0 Å². The summed E-state index contributed by atoms with van der Waals surface area (Å²) in [7, 11) is 1.81. The first-order valence-corrected chi connectivity index (χ1v) is 5.23. The maximum atomic E-state index is 13.1. The summed E-state index contributed by atoms with van der Waals surface area (Å²) in [5.74, 6) is 0.453. The fourth-order valence-corrected chi connectivity index (χ4v) is 1.83. The van der Waals surface area contributed by atoms with Gasteiger partial charge in [0, 0.05) is 12.1 Å². The first kappa shape index (κ1) is 11.5. The Morgan fingerprint density at radius 1 is 1.50 bits per heavy atom. The molecule has 0 aliphatic carbocycles. The van der Waals surface area contributed by atoms with E-state index in [-0.39, 0.29) is 5.82 Å². The molecule has 4 heteroatoms. The highest BCUT2D eigenvalue weighted by molar-refractivity contribution is 9.10. The highest BCUT2D eigenvalue weighted by Crippen LogP contribution is 2.30. The lowest BCUT2D eigenvalue weighted by atomic mass is 10.2. The fraction of sp³-hybridized carbons (Fsp3) is 0.400. The van der Waals surface area contributed by atoms with Gasteiger partial charge in [-0.3, -0.25) is 0 Å². The molecule has 1 aromatic carbocycles. The summed E-state index contributed by atoms with van der Waals surface area (Å²) in [6.45, 7) is 3.06. The molecule has 0 aliphatic rings. The predicted molar refractivity (Wildman–Crippen MR) is 58.0 cm³/mol. The van der Waals surface area contributed by atoms with Crippen molar-refractivity contribution in [1.82, 2.24) is 5.32 Å². The molecule has 0 atom stereocenters. The van der Waals surface area contributed by atoms with Gasteiger partial charge in [0.2, 0.25) is 0 Å². The van der Waals surface area contributed by atoms with Gasteiger partial charge in [-0.05, 0) is 42.0 Å². The number of benzene rings is 1. The maximum absolute atomic E-state index is 13.1. The Labute approximate surface area is 91.6 Å². The van der Waals surface area contributed by atoms with Crippen molar-refractivity contribution in [3.05, 3.63) is 28.0 Å². The van der Waals surface area contributed by atoms with E-state index in [4.69, 9.17) is 4.74 Å². The minimum atomic E-state index is -0.259. The molecule has 0 aromatic heterocycles. The number of rotatable bonds is 4. The van der Waals surface area contributed by atoms with E-state index in [2.05, 4.69) is 21.2 Å². The van der Waals surface area contributed by atoms with Crippen molar-refractivity contribution >= 4 is 15.9 Å². The molecule has 0 fully saturated rings. The standard InChI is InChI=1S/C10H13BrFNO/c1-3-14-10-7(6-13-2)4-8(12)5-9(10)11/h4-5,13H,3,6H2,1-2H3. The summed E-state index contributed by atoms with van der Waals surface area (Å²) in [5, 5.41) is 2.97. The highest BCUT2D eigenvalue weighted by Gasteiger charge is 2.09. The zero-order chi connectivity index (χ0) is 10.6. The number of nitrogens with one attached hydrogen (secondary N) is 1. The van der Waals surface area contributed by atoms with Crippen molar-refractivity contribution in [2.24, 2.45) is 0 Å². The first-order valence-electron chi connectivity index (χ1n) is 4.44. The van der Waals surface area contributed by atoms with Crippen LogP contribution >= 0.6 is 15.9 Å². The van der Waals surface area contributed by atoms with Crippen LogP contribution in [0.5, 0.6) is 5.75 Å². The van der Waals surface area contributed by atoms with Crippen molar-refractivity contribution in [2.75, 3.05) is 13.7 Å². The molecule has 0 bridgehead atoms. The lowest BCUT2D eigenvalue weighted by molar-refractivity contribution is 0.333. The SMILES string of the molecule is CCOc1c(Br)cc(F)cc1CNC. The Hall–Kier alpha value is -0.610. The smallest absolute Gasteiger partial charge is 0.138 e. The van der Waals surface area contributed by atoms with E-state index in [1.54, 1.807) is 0 Å². The highest BCUT2D eigenvalue weighted by atomic mass is 79.9. The summed E-state index contributed by atoms with van der Waals surface area (Å²) in [6, 6.07) is 2.89. The van der Waals surface area contributed by atoms with Gasteiger partial charge >= 0.3 is 0 Å². The van der Waals surface area contributed by atoms with Gasteiger partial charge < -0.3 is 10.1 Å². The third-order valence-corrected chi connectivity index (χ3v) is 2.33. The van der Waals surface area contributed by atoms with Crippen LogP contribution in [0.1, 0.15) is 12.5 Å². The average Bonchev–Trinajstić information content (AvgIpc) is 2.11. The Morgan fingerprint density at radius 3 is 2.79 bits per heavy atom. The Morgan fingerprint density at radius 2 is 2.21 bits per heavy atom. The van der Waals surface area contributed by atoms with Gasteiger partial charge in [0.1, 0.15) is 11.6 Å². The second kappa shape index (κ2) is 5.32. The van der Waals surface area contributed by atoms with Crippen LogP contribution in [0.2, 0.25) is 0 Å². The lowest BCUT2D eigenvalue weighted by Crippen LogP contribution is -2.08. The zero-order valence-electron chi connectivity index (χ0n) is 8.23. The normalized spacial score (nSPS) is 10.3. The summed E-state index contributed by atoms with van der Waals surface area (Å²) in [6.07, 6.45) is 0. The second-order valence-electron chi connectivity index (χ2n) is 2.84. The predicted octanol–water partition coefficient (Wildman–Crippen LogP) is 2.71. The van der Waals surface area contributed by atoms with Crippen LogP contribution in [0.15, 0.2) is 16.6 Å². The van der Waals surface area contributed by atoms with Crippen molar-refractivity contribution in [1.29, 1.82) is 0 Å². The molecule has 14 heavy (non-hydrogen) atoms. The summed E-state index contributed by atoms with van der Waals surface area (Å²) in [5.41, 5.74) is 0.821. The second-order valence-corrected chi connectivity index (χ2v) is 3.69. The average molecular weight is 262 g/mol. The third-order valence-electron chi connectivity index (χ3n) is 1.74. The summed E-state index contributed by atoms with van der Waals surface area (Å²) >= 11 is 3.28. The molecule has 0 radical (unpaired) electrons. The fourth-order valence-electron chi connectivity index (χ4n) is 1.24. The molecule has 0 saturated heterocycles. The van der Waals surface area contributed by atoms with E-state index in [1.807, 2.05) is 14.0 Å². The molecule has 0 amide bonds. The minimum Gasteiger partial charge on any atom is -0.492 e. The van der Waals surface area contributed by atoms with Crippen molar-refractivity contribution in [2.45, 2.75) is 13.5 Å². The van der Waals surface area contributed by atoms with Crippen LogP contribution in [0.3, 0.4) is 0 Å². The molecule has 2 nitrogen and oxygen atoms in total. The van der Waals surface area contributed by atoms with Gasteiger partial charge in [-0.25, -0.2) is 4.39 Å². The van der Waals surface area contributed by atoms with Gasteiger partial charge in [-0.1, -0.05) is 0 Å². The monoisotopic (exact) mass is 261 g/mol. The summed E-state index contributed by atoms with van der Waals surface area (Å²) in [4.78, 5) is 0. The van der Waals surface area contributed by atoms with E-state index in [0.717, 1.165) is 5.56 Å². The molecule has 0 heterocycles. The quantitative estimate of drug-likeness (QED) is 0.900. The van der Waals surface area contributed by atoms with Crippen molar-refractivity contribution in [3.8, 4) is 5.75 Å². The molecule has 0 spiro atoms. The largest absolute Gasteiger partial charge is 0.492 e. The molecular weight excluding hydrogens is 249 g/mol. The molecular formula is C10H13BrFNO. The molecule has 1 rings (SSSR count). The molecule has 0 unspecified atom stereocenters. The number of hydrogen-bond acceptors (Lipinski definition) is 2. The van der Waals surface area contributed by atoms with Crippen LogP contribution in [0.25, 0.3) is 0 Å². The topological polar surface area (TPSA) is 21.3 Å². The van der Waals surface area contributed by atoms with E-state index in [0.29, 0.717) is 23.4 Å². The molecule has 1 aromatic rings. The van der Waals surface area contributed by atoms with Gasteiger partial charge in [0.15, 0.2) is 0 Å². The van der Waals surface area contributed by atoms with Gasteiger partial charge in [-0.2, -0.15) is 0 Å². The Balaban J connectivity index is 3.07. The lowest BCUT2D eigenvalue weighted by Gasteiger charge is -2.11. The third kappa shape index (κ3) is 2.69. The molecule has 78 valence electrons. The number of halogens is 2. The van der Waals surface area contributed by atoms with Gasteiger partial charge in [0.05, 0.1) is 11.1 Å². The summed E-state index contributed by atoms with van der Waals surface area (Å²) < 4.78 is 19.1. The van der Waals surface area contributed by atoms with Crippen LogP contribution in [-0.2, 0) is 6.54 Å². The van der Waals surface area contributed by atoms with E-state index < -0.39 is 0 Å². The minimum absolute atomic E-state index is 0.259. The number of ether oxygens (including phenoxy) is 1. The Kier molecular flexibility index (Phi) is 4.35. The van der Waals surface area contributed by atoms with Crippen LogP contribution < -0.4 is 10.1 Å². The van der Waals surface area contributed by atoms with Gasteiger partial charge in [0.25, 0.3) is 0 Å².